The topological polar surface area (TPSA) is 114 Å². The summed E-state index contributed by atoms with van der Waals surface area (Å²) >= 11 is 0. The predicted octanol–water partition coefficient (Wildman–Crippen LogP) is 2.91. The van der Waals surface area contributed by atoms with Gasteiger partial charge in [-0.2, -0.15) is 0 Å². The summed E-state index contributed by atoms with van der Waals surface area (Å²) in [4.78, 5) is 37.2. The monoisotopic (exact) mass is 464 g/mol. The van der Waals surface area contributed by atoms with Crippen LogP contribution in [-0.4, -0.2) is 55.0 Å². The van der Waals surface area contributed by atoms with Crippen molar-refractivity contribution in [1.82, 2.24) is 10.6 Å². The normalized spacial score (nSPS) is 22.2. The van der Waals surface area contributed by atoms with Gasteiger partial charge in [0, 0.05) is 5.92 Å². The van der Waals surface area contributed by atoms with Gasteiger partial charge in [-0.05, 0) is 41.0 Å². The van der Waals surface area contributed by atoms with E-state index < -0.39 is 30.1 Å². The third kappa shape index (κ3) is 4.25. The molecule has 2 amide bonds. The summed E-state index contributed by atoms with van der Waals surface area (Å²) in [5.74, 6) is -2.25. The molecule has 2 aliphatic carbocycles. The van der Waals surface area contributed by atoms with Crippen molar-refractivity contribution in [2.24, 2.45) is 11.8 Å². The van der Waals surface area contributed by atoms with Crippen LogP contribution < -0.4 is 10.6 Å². The van der Waals surface area contributed by atoms with Gasteiger partial charge in [-0.3, -0.25) is 9.59 Å². The lowest BCUT2D eigenvalue weighted by atomic mass is 9.79. The van der Waals surface area contributed by atoms with Crippen molar-refractivity contribution >= 4 is 18.0 Å². The minimum absolute atomic E-state index is 0.00563. The second-order valence-electron chi connectivity index (χ2n) is 9.24. The van der Waals surface area contributed by atoms with E-state index in [1.54, 1.807) is 0 Å². The van der Waals surface area contributed by atoms with E-state index in [4.69, 9.17) is 9.47 Å². The highest BCUT2D eigenvalue weighted by molar-refractivity contribution is 5.87. The first-order valence-electron chi connectivity index (χ1n) is 11.8. The van der Waals surface area contributed by atoms with Crippen LogP contribution in [0.15, 0.2) is 48.5 Å². The van der Waals surface area contributed by atoms with Gasteiger partial charge in [0.2, 0.25) is 5.91 Å². The molecule has 3 atom stereocenters. The van der Waals surface area contributed by atoms with E-state index in [1.807, 2.05) is 24.3 Å². The van der Waals surface area contributed by atoms with Crippen molar-refractivity contribution in [2.45, 2.75) is 37.3 Å². The van der Waals surface area contributed by atoms with Gasteiger partial charge in [0.15, 0.2) is 0 Å². The van der Waals surface area contributed by atoms with Crippen LogP contribution >= 0.6 is 0 Å². The Kier molecular flexibility index (Phi) is 6.24. The first-order chi connectivity index (χ1) is 16.5. The molecule has 8 nitrogen and oxygen atoms in total. The Hall–Kier alpha value is -3.39. The third-order valence-electron chi connectivity index (χ3n) is 7.25. The Morgan fingerprint density at radius 3 is 2.24 bits per heavy atom. The molecule has 0 spiro atoms. The lowest BCUT2D eigenvalue weighted by molar-refractivity contribution is -0.142. The van der Waals surface area contributed by atoms with E-state index in [1.165, 1.54) is 0 Å². The van der Waals surface area contributed by atoms with Gasteiger partial charge in [-0.1, -0.05) is 55.0 Å². The second kappa shape index (κ2) is 9.46. The first-order valence-corrected chi connectivity index (χ1v) is 11.8. The molecule has 3 N–H and O–H groups in total. The Bertz CT molecular complexity index is 1050. The maximum absolute atomic E-state index is 13.0. The molecule has 1 heterocycles. The fraction of sp³-hybridized carbons (Fsp3) is 0.423. The van der Waals surface area contributed by atoms with Gasteiger partial charge in [-0.25, -0.2) is 4.79 Å². The summed E-state index contributed by atoms with van der Waals surface area (Å²) in [6.45, 7) is 0.371. The molecule has 8 heteroatoms. The fourth-order valence-electron chi connectivity index (χ4n) is 5.15. The number of benzene rings is 2. The van der Waals surface area contributed by atoms with Crippen LogP contribution in [0.1, 0.15) is 36.3 Å². The van der Waals surface area contributed by atoms with Crippen LogP contribution in [0.25, 0.3) is 11.1 Å². The standard InChI is InChI=1S/C26H28N2O6/c29-24(27-22-14-33-12-21(22)25(30)31)23(15-6-5-7-15)28-26(32)34-13-20-18-10-3-1-8-16(18)17-9-2-4-11-19(17)20/h1-4,8-11,15,20-23H,5-7,12-14H2,(H,27,29)(H,28,32)(H,30,31). The molecule has 178 valence electrons. The van der Waals surface area contributed by atoms with Crippen LogP contribution in [0.3, 0.4) is 0 Å². The van der Waals surface area contributed by atoms with Crippen molar-refractivity contribution in [1.29, 1.82) is 0 Å². The number of alkyl carbamates (subject to hydrolysis) is 1. The van der Waals surface area contributed by atoms with Gasteiger partial charge < -0.3 is 25.2 Å². The molecule has 3 aliphatic rings. The number of carbonyl (C=O) groups excluding carboxylic acids is 2. The number of ether oxygens (including phenoxy) is 2. The summed E-state index contributed by atoms with van der Waals surface area (Å²) in [7, 11) is 0. The summed E-state index contributed by atoms with van der Waals surface area (Å²) in [6.07, 6.45) is 1.99. The molecule has 1 saturated carbocycles. The highest BCUT2D eigenvalue weighted by Crippen LogP contribution is 2.44. The van der Waals surface area contributed by atoms with Crippen molar-refractivity contribution in [2.75, 3.05) is 19.8 Å². The quantitative estimate of drug-likeness (QED) is 0.581. The number of rotatable bonds is 7. The average molecular weight is 465 g/mol. The molecule has 0 radical (unpaired) electrons. The number of hydrogen-bond donors (Lipinski definition) is 3. The summed E-state index contributed by atoms with van der Waals surface area (Å²) in [5, 5.41) is 14.9. The zero-order valence-corrected chi connectivity index (χ0v) is 18.7. The number of nitrogens with one attached hydrogen (secondary N) is 2. The molecule has 3 unspecified atom stereocenters. The number of carboxylic acids is 1. The number of carbonyl (C=O) groups is 3. The molecule has 2 fully saturated rings. The van der Waals surface area contributed by atoms with Crippen LogP contribution in [0.2, 0.25) is 0 Å². The lowest BCUT2D eigenvalue weighted by Gasteiger charge is -2.34. The highest BCUT2D eigenvalue weighted by Gasteiger charge is 2.40. The van der Waals surface area contributed by atoms with E-state index in [0.29, 0.717) is 0 Å². The smallest absolute Gasteiger partial charge is 0.407 e. The van der Waals surface area contributed by atoms with E-state index >= 15 is 0 Å². The Morgan fingerprint density at radius 1 is 1.00 bits per heavy atom. The largest absolute Gasteiger partial charge is 0.481 e. The fourth-order valence-corrected chi connectivity index (χ4v) is 5.15. The third-order valence-corrected chi connectivity index (χ3v) is 7.25. The summed E-state index contributed by atoms with van der Waals surface area (Å²) < 4.78 is 10.9. The summed E-state index contributed by atoms with van der Waals surface area (Å²) in [5.41, 5.74) is 4.52. The molecule has 2 aromatic rings. The van der Waals surface area contributed by atoms with Crippen LogP contribution in [0.5, 0.6) is 0 Å². The Balaban J connectivity index is 1.24. The van der Waals surface area contributed by atoms with Gasteiger partial charge >= 0.3 is 12.1 Å². The second-order valence-corrected chi connectivity index (χ2v) is 9.24. The highest BCUT2D eigenvalue weighted by atomic mass is 16.5. The molecular formula is C26H28N2O6. The SMILES string of the molecule is O=C(NC(C(=O)NC1COCC1C(=O)O)C1CCC1)OCC1c2ccccc2-c2ccccc21. The first kappa shape index (κ1) is 22.4. The minimum atomic E-state index is -1.01. The number of amides is 2. The molecule has 0 aromatic heterocycles. The number of carboxylic acid groups (broad SMARTS) is 1. The molecule has 1 aliphatic heterocycles. The molecule has 34 heavy (non-hydrogen) atoms. The number of hydrogen-bond acceptors (Lipinski definition) is 5. The van der Waals surface area contributed by atoms with Crippen LogP contribution in [-0.2, 0) is 19.1 Å². The van der Waals surface area contributed by atoms with Crippen LogP contribution in [0, 0.1) is 11.8 Å². The maximum atomic E-state index is 13.0. The van der Waals surface area contributed by atoms with E-state index in [9.17, 15) is 19.5 Å². The average Bonchev–Trinajstić information content (AvgIpc) is 3.39. The van der Waals surface area contributed by atoms with Gasteiger partial charge in [0.05, 0.1) is 19.3 Å². The van der Waals surface area contributed by atoms with Crippen molar-refractivity contribution in [3.05, 3.63) is 59.7 Å². The summed E-state index contributed by atoms with van der Waals surface area (Å²) in [6, 6.07) is 14.8. The Labute approximate surface area is 197 Å². The van der Waals surface area contributed by atoms with Crippen molar-refractivity contribution in [3.8, 4) is 11.1 Å². The minimum Gasteiger partial charge on any atom is -0.481 e. The van der Waals surface area contributed by atoms with Crippen molar-refractivity contribution in [3.63, 3.8) is 0 Å². The van der Waals surface area contributed by atoms with E-state index in [2.05, 4.69) is 34.9 Å². The zero-order chi connectivity index (χ0) is 23.7. The van der Waals surface area contributed by atoms with E-state index in [0.717, 1.165) is 41.5 Å². The zero-order valence-electron chi connectivity index (χ0n) is 18.7. The van der Waals surface area contributed by atoms with Crippen LogP contribution in [0.4, 0.5) is 4.79 Å². The van der Waals surface area contributed by atoms with Crippen molar-refractivity contribution < 1.29 is 29.0 Å². The molecular weight excluding hydrogens is 436 g/mol. The molecule has 2 aromatic carbocycles. The predicted molar refractivity (Wildman–Crippen MR) is 123 cm³/mol. The Morgan fingerprint density at radius 2 is 1.65 bits per heavy atom. The number of aliphatic carboxylic acids is 1. The van der Waals surface area contributed by atoms with Gasteiger partial charge in [0.25, 0.3) is 0 Å². The van der Waals surface area contributed by atoms with E-state index in [-0.39, 0.29) is 37.6 Å². The van der Waals surface area contributed by atoms with Gasteiger partial charge in [0.1, 0.15) is 18.6 Å². The molecule has 0 bridgehead atoms. The maximum Gasteiger partial charge on any atom is 0.407 e. The molecule has 5 rings (SSSR count). The van der Waals surface area contributed by atoms with Gasteiger partial charge in [-0.15, -0.1) is 0 Å². The molecule has 1 saturated heterocycles. The number of fused-ring (bicyclic) bond motifs is 3. The lowest BCUT2D eigenvalue weighted by Crippen LogP contribution is -2.56.